The van der Waals surface area contributed by atoms with Gasteiger partial charge in [0.1, 0.15) is 5.82 Å². The van der Waals surface area contributed by atoms with Gasteiger partial charge in [-0.2, -0.15) is 4.98 Å². The third-order valence-electron chi connectivity index (χ3n) is 6.18. The van der Waals surface area contributed by atoms with Crippen molar-refractivity contribution in [3.63, 3.8) is 0 Å². The van der Waals surface area contributed by atoms with E-state index >= 15 is 0 Å². The number of aromatic amines is 2. The minimum atomic E-state index is 0.606. The van der Waals surface area contributed by atoms with Crippen LogP contribution in [-0.4, -0.2) is 19.9 Å². The minimum Gasteiger partial charge on any atom is -0.366 e. The minimum absolute atomic E-state index is 0.606. The van der Waals surface area contributed by atoms with E-state index in [2.05, 4.69) is 103 Å². The summed E-state index contributed by atoms with van der Waals surface area (Å²) in [4.78, 5) is 15.8. The fraction of sp³-hybridized carbons (Fsp3) is 0.103. The molecule has 6 nitrogen and oxygen atoms in total. The van der Waals surface area contributed by atoms with E-state index in [1.165, 1.54) is 33.2 Å². The molecule has 4 N–H and O–H groups in total. The number of rotatable bonds is 8. The summed E-state index contributed by atoms with van der Waals surface area (Å²) in [7, 11) is 0. The fourth-order valence-corrected chi connectivity index (χ4v) is 4.39. The lowest BCUT2D eigenvalue weighted by atomic mass is 10.1. The highest BCUT2D eigenvalue weighted by molar-refractivity contribution is 5.81. The first-order valence-corrected chi connectivity index (χ1v) is 11.8. The van der Waals surface area contributed by atoms with Crippen LogP contribution in [0.3, 0.4) is 0 Å². The van der Waals surface area contributed by atoms with Crippen molar-refractivity contribution in [1.29, 1.82) is 0 Å². The molecule has 0 atom stereocenters. The van der Waals surface area contributed by atoms with Gasteiger partial charge in [-0.05, 0) is 69.9 Å². The SMILES string of the molecule is c1ccc(Cc2cc3cc(CNc4nccc(NCc5ccc6[nH]ccc6c5)n4)ccc3[nH]2)cc1. The van der Waals surface area contributed by atoms with E-state index in [9.17, 15) is 0 Å². The van der Waals surface area contributed by atoms with Crippen molar-refractivity contribution in [2.24, 2.45) is 0 Å². The van der Waals surface area contributed by atoms with Crippen LogP contribution in [0.4, 0.5) is 11.8 Å². The zero-order chi connectivity index (χ0) is 23.5. The van der Waals surface area contributed by atoms with Crippen molar-refractivity contribution in [3.8, 4) is 0 Å². The summed E-state index contributed by atoms with van der Waals surface area (Å²) < 4.78 is 0. The summed E-state index contributed by atoms with van der Waals surface area (Å²) in [5.41, 5.74) is 7.21. The van der Waals surface area contributed by atoms with E-state index < -0.39 is 0 Å². The zero-order valence-electron chi connectivity index (χ0n) is 19.3. The van der Waals surface area contributed by atoms with Crippen LogP contribution in [0.5, 0.6) is 0 Å². The second-order valence-electron chi connectivity index (χ2n) is 8.75. The van der Waals surface area contributed by atoms with Crippen molar-refractivity contribution in [2.75, 3.05) is 10.6 Å². The number of benzene rings is 3. The van der Waals surface area contributed by atoms with Gasteiger partial charge in [-0.3, -0.25) is 0 Å². The number of nitrogens with one attached hydrogen (secondary N) is 4. The van der Waals surface area contributed by atoms with Crippen molar-refractivity contribution in [1.82, 2.24) is 19.9 Å². The monoisotopic (exact) mass is 458 g/mol. The molecule has 0 saturated carbocycles. The Hall–Kier alpha value is -4.58. The third kappa shape index (κ3) is 4.87. The molecular weight excluding hydrogens is 432 g/mol. The molecule has 0 saturated heterocycles. The molecule has 3 aromatic carbocycles. The number of fused-ring (bicyclic) bond motifs is 2. The van der Waals surface area contributed by atoms with E-state index in [0.717, 1.165) is 23.3 Å². The smallest absolute Gasteiger partial charge is 0.224 e. The highest BCUT2D eigenvalue weighted by Crippen LogP contribution is 2.20. The first-order valence-electron chi connectivity index (χ1n) is 11.8. The third-order valence-corrected chi connectivity index (χ3v) is 6.18. The van der Waals surface area contributed by atoms with Gasteiger partial charge in [0, 0.05) is 48.6 Å². The topological polar surface area (TPSA) is 81.4 Å². The predicted octanol–water partition coefficient (Wildman–Crippen LogP) is 6.25. The van der Waals surface area contributed by atoms with E-state index in [0.29, 0.717) is 19.0 Å². The summed E-state index contributed by atoms with van der Waals surface area (Å²) in [5.74, 6) is 1.40. The Balaban J connectivity index is 1.09. The second kappa shape index (κ2) is 9.35. The maximum Gasteiger partial charge on any atom is 0.224 e. The standard InChI is InChI=1S/C29H26N6/c1-2-4-20(5-3-1)16-25-17-24-15-22(7-9-27(24)34-25)19-33-29-31-13-11-28(35-29)32-18-21-6-8-26-23(14-21)10-12-30-26/h1-15,17,30,34H,16,18-19H2,(H2,31,32,33,35). The van der Waals surface area contributed by atoms with Gasteiger partial charge in [0.05, 0.1) is 0 Å². The lowest BCUT2D eigenvalue weighted by Gasteiger charge is -2.09. The summed E-state index contributed by atoms with van der Waals surface area (Å²) in [6, 6.07) is 29.6. The van der Waals surface area contributed by atoms with Crippen molar-refractivity contribution >= 4 is 33.6 Å². The highest BCUT2D eigenvalue weighted by atomic mass is 15.1. The number of H-pyrrole nitrogens is 2. The summed E-state index contributed by atoms with van der Waals surface area (Å²) in [5, 5.41) is 9.18. The number of nitrogens with zero attached hydrogens (tertiary/aromatic N) is 2. The average Bonchev–Trinajstić information content (AvgIpc) is 3.53. The summed E-state index contributed by atoms with van der Waals surface area (Å²) in [6.07, 6.45) is 4.63. The zero-order valence-corrected chi connectivity index (χ0v) is 19.3. The van der Waals surface area contributed by atoms with E-state index in [1.54, 1.807) is 6.20 Å². The number of hydrogen-bond donors (Lipinski definition) is 4. The van der Waals surface area contributed by atoms with Crippen LogP contribution in [0.25, 0.3) is 21.8 Å². The Bertz CT molecular complexity index is 1580. The number of hydrogen-bond acceptors (Lipinski definition) is 4. The Kier molecular flexibility index (Phi) is 5.60. The van der Waals surface area contributed by atoms with Gasteiger partial charge < -0.3 is 20.6 Å². The van der Waals surface area contributed by atoms with Gasteiger partial charge in [-0.25, -0.2) is 4.98 Å². The van der Waals surface area contributed by atoms with Crippen LogP contribution in [0.1, 0.15) is 22.4 Å². The highest BCUT2D eigenvalue weighted by Gasteiger charge is 2.05. The molecule has 0 amide bonds. The van der Waals surface area contributed by atoms with Crippen molar-refractivity contribution in [3.05, 3.63) is 120 Å². The molecular formula is C29H26N6. The molecule has 6 heteroatoms. The molecule has 35 heavy (non-hydrogen) atoms. The number of anilines is 2. The van der Waals surface area contributed by atoms with Crippen LogP contribution in [0, 0.1) is 0 Å². The Morgan fingerprint density at radius 1 is 0.686 bits per heavy atom. The maximum atomic E-state index is 4.62. The van der Waals surface area contributed by atoms with Crippen LogP contribution in [0.15, 0.2) is 97.3 Å². The van der Waals surface area contributed by atoms with Crippen molar-refractivity contribution in [2.45, 2.75) is 19.5 Å². The average molecular weight is 459 g/mol. The first-order chi connectivity index (χ1) is 17.3. The summed E-state index contributed by atoms with van der Waals surface area (Å²) >= 11 is 0. The molecule has 172 valence electrons. The second-order valence-corrected chi connectivity index (χ2v) is 8.75. The van der Waals surface area contributed by atoms with E-state index in [-0.39, 0.29) is 0 Å². The van der Waals surface area contributed by atoms with Crippen LogP contribution >= 0.6 is 0 Å². The Morgan fingerprint density at radius 2 is 1.49 bits per heavy atom. The van der Waals surface area contributed by atoms with Gasteiger partial charge in [0.15, 0.2) is 0 Å². The lowest BCUT2D eigenvalue weighted by Crippen LogP contribution is -2.06. The van der Waals surface area contributed by atoms with Crippen LogP contribution in [0.2, 0.25) is 0 Å². The molecule has 0 aliphatic rings. The summed E-state index contributed by atoms with van der Waals surface area (Å²) in [6.45, 7) is 1.36. The van der Waals surface area contributed by atoms with Gasteiger partial charge in [0.25, 0.3) is 0 Å². The number of aromatic nitrogens is 4. The molecule has 0 unspecified atom stereocenters. The molecule has 3 aromatic heterocycles. The van der Waals surface area contributed by atoms with Gasteiger partial charge in [0.2, 0.25) is 5.95 Å². The van der Waals surface area contributed by atoms with Crippen LogP contribution in [-0.2, 0) is 19.5 Å². The molecule has 0 radical (unpaired) electrons. The van der Waals surface area contributed by atoms with Gasteiger partial charge in [-0.15, -0.1) is 0 Å². The van der Waals surface area contributed by atoms with Gasteiger partial charge >= 0.3 is 0 Å². The van der Waals surface area contributed by atoms with Crippen LogP contribution < -0.4 is 10.6 Å². The molecule has 0 aliphatic carbocycles. The predicted molar refractivity (Wildman–Crippen MR) is 143 cm³/mol. The molecule has 0 bridgehead atoms. The van der Waals surface area contributed by atoms with E-state index in [4.69, 9.17) is 0 Å². The van der Waals surface area contributed by atoms with Crippen molar-refractivity contribution < 1.29 is 0 Å². The molecule has 6 aromatic rings. The molecule has 6 rings (SSSR count). The molecule has 0 fully saturated rings. The normalized spacial score (nSPS) is 11.2. The molecule has 0 spiro atoms. The fourth-order valence-electron chi connectivity index (χ4n) is 4.39. The lowest BCUT2D eigenvalue weighted by molar-refractivity contribution is 1.04. The Labute approximate surface area is 203 Å². The molecule has 0 aliphatic heterocycles. The largest absolute Gasteiger partial charge is 0.366 e. The maximum absolute atomic E-state index is 4.62. The Morgan fingerprint density at radius 3 is 2.37 bits per heavy atom. The van der Waals surface area contributed by atoms with E-state index in [1.807, 2.05) is 18.3 Å². The first kappa shape index (κ1) is 21.0. The van der Waals surface area contributed by atoms with Gasteiger partial charge in [-0.1, -0.05) is 42.5 Å². The quantitative estimate of drug-likeness (QED) is 0.217. The molecule has 3 heterocycles.